The van der Waals surface area contributed by atoms with E-state index in [1.54, 1.807) is 18.2 Å². The highest BCUT2D eigenvalue weighted by atomic mass is 19.1. The van der Waals surface area contributed by atoms with Gasteiger partial charge in [0.2, 0.25) is 0 Å². The highest BCUT2D eigenvalue weighted by Crippen LogP contribution is 2.40. The molecule has 21 heavy (non-hydrogen) atoms. The zero-order chi connectivity index (χ0) is 14.9. The van der Waals surface area contributed by atoms with E-state index >= 15 is 0 Å². The third-order valence-electron chi connectivity index (χ3n) is 4.99. The molecule has 4 heteroatoms. The first-order valence-corrected chi connectivity index (χ1v) is 7.81. The first-order valence-electron chi connectivity index (χ1n) is 7.81. The van der Waals surface area contributed by atoms with Crippen LogP contribution in [0.1, 0.15) is 48.9 Å². The molecule has 3 nitrogen and oxygen atoms in total. The van der Waals surface area contributed by atoms with Crippen molar-refractivity contribution < 1.29 is 13.9 Å². The van der Waals surface area contributed by atoms with E-state index in [9.17, 15) is 9.18 Å². The lowest BCUT2D eigenvalue weighted by atomic mass is 9.85. The van der Waals surface area contributed by atoms with Crippen molar-refractivity contribution in [3.8, 4) is 5.75 Å². The minimum Gasteiger partial charge on any atom is -0.494 e. The maximum Gasteiger partial charge on any atom is 0.186 e. The number of nitrogens with zero attached hydrogens (tertiary/aromatic N) is 1. The number of Topliss-reactive ketones (excluding diaryl/α,β-unsaturated/α-hetero) is 1. The van der Waals surface area contributed by atoms with Gasteiger partial charge in [-0.1, -0.05) is 18.9 Å². The number of carbonyl (C=O) groups excluding carboxylic acids is 1. The standard InChI is InChI=1S/C17H22FNO2/c1-21-14-8-6-7-13(15(14)18)16(20)17(9-2-3-10-17)19-11-4-5-12-19/h6-8H,2-5,9-12H2,1H3. The van der Waals surface area contributed by atoms with E-state index in [0.717, 1.165) is 51.6 Å². The number of halogens is 1. The van der Waals surface area contributed by atoms with Gasteiger partial charge in [-0.2, -0.15) is 0 Å². The van der Waals surface area contributed by atoms with Crippen molar-refractivity contribution in [2.75, 3.05) is 20.2 Å². The van der Waals surface area contributed by atoms with Gasteiger partial charge in [0, 0.05) is 0 Å². The largest absolute Gasteiger partial charge is 0.494 e. The Kier molecular flexibility index (Phi) is 3.98. The zero-order valence-corrected chi connectivity index (χ0v) is 12.5. The second-order valence-corrected chi connectivity index (χ2v) is 6.08. The Labute approximate surface area is 125 Å². The molecule has 114 valence electrons. The molecule has 0 N–H and O–H groups in total. The van der Waals surface area contributed by atoms with Crippen LogP contribution < -0.4 is 4.74 Å². The van der Waals surface area contributed by atoms with Gasteiger partial charge in [0.25, 0.3) is 0 Å². The number of rotatable bonds is 4. The normalized spacial score (nSPS) is 21.6. The summed E-state index contributed by atoms with van der Waals surface area (Å²) in [4.78, 5) is 15.4. The van der Waals surface area contributed by atoms with E-state index in [0.29, 0.717) is 0 Å². The molecule has 0 amide bonds. The highest BCUT2D eigenvalue weighted by Gasteiger charge is 2.47. The summed E-state index contributed by atoms with van der Waals surface area (Å²) in [6, 6.07) is 4.85. The average molecular weight is 291 g/mol. The minimum atomic E-state index is -0.518. The Bertz CT molecular complexity index is 532. The topological polar surface area (TPSA) is 29.5 Å². The summed E-state index contributed by atoms with van der Waals surface area (Å²) in [5, 5.41) is 0. The fourth-order valence-corrected chi connectivity index (χ4v) is 3.89. The Morgan fingerprint density at radius 1 is 1.19 bits per heavy atom. The average Bonchev–Trinajstić information content (AvgIpc) is 3.18. The molecule has 0 atom stereocenters. The third-order valence-corrected chi connectivity index (χ3v) is 4.99. The molecule has 0 unspecified atom stereocenters. The van der Waals surface area contributed by atoms with Crippen molar-refractivity contribution in [2.45, 2.75) is 44.1 Å². The molecule has 1 aromatic carbocycles. The van der Waals surface area contributed by atoms with Gasteiger partial charge in [0.15, 0.2) is 17.3 Å². The quantitative estimate of drug-likeness (QED) is 0.796. The monoisotopic (exact) mass is 291 g/mol. The molecule has 1 saturated carbocycles. The van der Waals surface area contributed by atoms with Crippen LogP contribution in [0, 0.1) is 5.82 Å². The zero-order valence-electron chi connectivity index (χ0n) is 12.5. The molecule has 1 aliphatic carbocycles. The second-order valence-electron chi connectivity index (χ2n) is 6.08. The van der Waals surface area contributed by atoms with Crippen LogP contribution in [-0.4, -0.2) is 36.4 Å². The van der Waals surface area contributed by atoms with E-state index in [1.807, 2.05) is 0 Å². The number of carbonyl (C=O) groups is 1. The number of hydrogen-bond donors (Lipinski definition) is 0. The Hall–Kier alpha value is -1.42. The molecule has 2 aliphatic rings. The lowest BCUT2D eigenvalue weighted by Crippen LogP contribution is -2.51. The van der Waals surface area contributed by atoms with E-state index in [1.165, 1.54) is 7.11 Å². The minimum absolute atomic E-state index is 0.0571. The fourth-order valence-electron chi connectivity index (χ4n) is 3.89. The van der Waals surface area contributed by atoms with E-state index in [-0.39, 0.29) is 17.1 Å². The van der Waals surface area contributed by atoms with E-state index in [2.05, 4.69) is 4.90 Å². The van der Waals surface area contributed by atoms with Crippen LogP contribution >= 0.6 is 0 Å². The number of ether oxygens (including phenoxy) is 1. The van der Waals surface area contributed by atoms with Gasteiger partial charge in [-0.15, -0.1) is 0 Å². The van der Waals surface area contributed by atoms with Crippen LogP contribution in [0.25, 0.3) is 0 Å². The SMILES string of the molecule is COc1cccc(C(=O)C2(N3CCCC3)CCCC2)c1F. The third kappa shape index (κ3) is 2.35. The molecule has 2 fully saturated rings. The summed E-state index contributed by atoms with van der Waals surface area (Å²) in [5.74, 6) is -0.427. The molecular weight excluding hydrogens is 269 g/mol. The van der Waals surface area contributed by atoms with Crippen molar-refractivity contribution >= 4 is 5.78 Å². The van der Waals surface area contributed by atoms with Gasteiger partial charge >= 0.3 is 0 Å². The summed E-state index contributed by atoms with van der Waals surface area (Å²) >= 11 is 0. The van der Waals surface area contributed by atoms with Crippen LogP contribution in [-0.2, 0) is 0 Å². The lowest BCUT2D eigenvalue weighted by Gasteiger charge is -2.37. The Morgan fingerprint density at radius 3 is 2.48 bits per heavy atom. The fraction of sp³-hybridized carbons (Fsp3) is 0.588. The molecule has 0 aromatic heterocycles. The molecular formula is C17H22FNO2. The second kappa shape index (κ2) is 5.76. The number of hydrogen-bond acceptors (Lipinski definition) is 3. The van der Waals surface area contributed by atoms with Gasteiger partial charge in [-0.3, -0.25) is 9.69 Å². The van der Waals surface area contributed by atoms with Gasteiger partial charge in [0.1, 0.15) is 0 Å². The van der Waals surface area contributed by atoms with Crippen LogP contribution in [0.4, 0.5) is 4.39 Å². The Balaban J connectivity index is 1.98. The summed E-state index contributed by atoms with van der Waals surface area (Å²) in [6.45, 7) is 1.91. The van der Waals surface area contributed by atoms with Crippen molar-refractivity contribution in [1.29, 1.82) is 0 Å². The van der Waals surface area contributed by atoms with Crippen LogP contribution in [0.2, 0.25) is 0 Å². The van der Waals surface area contributed by atoms with Crippen molar-refractivity contribution in [1.82, 2.24) is 4.90 Å². The summed E-state index contributed by atoms with van der Waals surface area (Å²) in [5.41, 5.74) is -0.299. The van der Waals surface area contributed by atoms with Gasteiger partial charge < -0.3 is 4.74 Å². The molecule has 1 aromatic rings. The van der Waals surface area contributed by atoms with E-state index in [4.69, 9.17) is 4.74 Å². The van der Waals surface area contributed by atoms with Crippen molar-refractivity contribution in [3.63, 3.8) is 0 Å². The molecule has 0 radical (unpaired) electrons. The molecule has 1 heterocycles. The Morgan fingerprint density at radius 2 is 1.86 bits per heavy atom. The molecule has 1 aliphatic heterocycles. The molecule has 0 bridgehead atoms. The maximum atomic E-state index is 14.5. The first-order chi connectivity index (χ1) is 10.2. The van der Waals surface area contributed by atoms with Crippen LogP contribution in [0.3, 0.4) is 0 Å². The van der Waals surface area contributed by atoms with Crippen molar-refractivity contribution in [3.05, 3.63) is 29.6 Å². The van der Waals surface area contributed by atoms with Crippen LogP contribution in [0.5, 0.6) is 5.75 Å². The molecule has 0 spiro atoms. The number of likely N-dealkylation sites (tertiary alicyclic amines) is 1. The number of methoxy groups -OCH3 is 1. The van der Waals surface area contributed by atoms with E-state index < -0.39 is 11.4 Å². The summed E-state index contributed by atoms with van der Waals surface area (Å²) in [6.07, 6.45) is 6.07. The number of ketones is 1. The van der Waals surface area contributed by atoms with Gasteiger partial charge in [-0.05, 0) is 50.9 Å². The number of benzene rings is 1. The van der Waals surface area contributed by atoms with Crippen LogP contribution in [0.15, 0.2) is 18.2 Å². The van der Waals surface area contributed by atoms with Gasteiger partial charge in [0.05, 0.1) is 18.2 Å². The smallest absolute Gasteiger partial charge is 0.186 e. The maximum absolute atomic E-state index is 14.5. The van der Waals surface area contributed by atoms with Gasteiger partial charge in [-0.25, -0.2) is 4.39 Å². The highest BCUT2D eigenvalue weighted by molar-refractivity contribution is 6.04. The molecule has 1 saturated heterocycles. The molecule has 3 rings (SSSR count). The predicted molar refractivity (Wildman–Crippen MR) is 79.3 cm³/mol. The summed E-state index contributed by atoms with van der Waals surface area (Å²) in [7, 11) is 1.43. The van der Waals surface area contributed by atoms with Crippen molar-refractivity contribution in [2.24, 2.45) is 0 Å². The lowest BCUT2D eigenvalue weighted by molar-refractivity contribution is 0.0621. The first kappa shape index (κ1) is 14.5. The predicted octanol–water partition coefficient (Wildman–Crippen LogP) is 3.43. The summed E-state index contributed by atoms with van der Waals surface area (Å²) < 4.78 is 19.5.